The van der Waals surface area contributed by atoms with E-state index in [0.717, 1.165) is 25.2 Å². The summed E-state index contributed by atoms with van der Waals surface area (Å²) in [4.78, 5) is 20.1. The summed E-state index contributed by atoms with van der Waals surface area (Å²) in [6.45, 7) is 7.50. The van der Waals surface area contributed by atoms with Crippen molar-refractivity contribution in [3.05, 3.63) is 65.2 Å². The van der Waals surface area contributed by atoms with Crippen LogP contribution in [0.25, 0.3) is 0 Å². The minimum Gasteiger partial charge on any atom is -0.350 e. The van der Waals surface area contributed by atoms with E-state index in [9.17, 15) is 13.2 Å². The van der Waals surface area contributed by atoms with Gasteiger partial charge in [-0.2, -0.15) is 0 Å². The zero-order chi connectivity index (χ0) is 22.7. The molecule has 7 nitrogen and oxygen atoms in total. The van der Waals surface area contributed by atoms with Gasteiger partial charge < -0.3 is 5.32 Å². The first-order valence-electron chi connectivity index (χ1n) is 11.1. The molecule has 2 heterocycles. The molecule has 4 rings (SSSR count). The van der Waals surface area contributed by atoms with Crippen LogP contribution in [-0.2, 0) is 27.9 Å². The molecule has 1 atom stereocenters. The molecule has 0 radical (unpaired) electrons. The Balaban J connectivity index is 1.42. The van der Waals surface area contributed by atoms with Gasteiger partial charge in [-0.3, -0.25) is 19.4 Å². The molecule has 0 bridgehead atoms. The summed E-state index contributed by atoms with van der Waals surface area (Å²) < 4.78 is 27.2. The second kappa shape index (κ2) is 9.42. The minimum atomic E-state index is -3.64. The number of nitrogens with one attached hydrogen (secondary N) is 2. The number of sulfonamides is 1. The van der Waals surface area contributed by atoms with Crippen LogP contribution >= 0.6 is 0 Å². The van der Waals surface area contributed by atoms with Crippen molar-refractivity contribution >= 4 is 21.8 Å². The molecule has 0 aliphatic carbocycles. The molecule has 2 aromatic rings. The Morgan fingerprint density at radius 3 is 2.41 bits per heavy atom. The first-order valence-corrected chi connectivity index (χ1v) is 12.6. The molecule has 1 fully saturated rings. The number of carbonyl (C=O) groups is 1. The van der Waals surface area contributed by atoms with Gasteiger partial charge in [0.15, 0.2) is 0 Å². The maximum atomic E-state index is 12.9. The first kappa shape index (κ1) is 22.5. The van der Waals surface area contributed by atoms with E-state index in [4.69, 9.17) is 0 Å². The van der Waals surface area contributed by atoms with E-state index in [1.54, 1.807) is 18.2 Å². The Bertz CT molecular complexity index is 1100. The highest BCUT2D eigenvalue weighted by Crippen LogP contribution is 2.23. The topological polar surface area (TPSA) is 90.9 Å². The number of carbonyl (C=O) groups excluding carboxylic acids is 1. The zero-order valence-electron chi connectivity index (χ0n) is 18.5. The van der Waals surface area contributed by atoms with E-state index in [2.05, 4.69) is 32.1 Å². The first-order chi connectivity index (χ1) is 15.3. The third kappa shape index (κ3) is 5.02. The fourth-order valence-corrected chi connectivity index (χ4v) is 5.37. The number of fused-ring (bicyclic) bond motifs is 1. The van der Waals surface area contributed by atoms with Crippen molar-refractivity contribution < 1.29 is 13.2 Å². The van der Waals surface area contributed by atoms with Crippen molar-refractivity contribution in [2.45, 2.75) is 50.7 Å². The number of aliphatic imine (C=N–C) groups is 1. The lowest BCUT2D eigenvalue weighted by Crippen LogP contribution is -2.38. The quantitative estimate of drug-likeness (QED) is 0.673. The molecule has 1 saturated heterocycles. The molecular weight excluding hydrogens is 424 g/mol. The highest BCUT2D eigenvalue weighted by molar-refractivity contribution is 7.90. The molecular formula is C24H30N4O3S. The monoisotopic (exact) mass is 454 g/mol. The van der Waals surface area contributed by atoms with Gasteiger partial charge >= 0.3 is 0 Å². The van der Waals surface area contributed by atoms with Crippen LogP contribution < -0.4 is 10.0 Å². The molecule has 8 heteroatoms. The standard InChI is InChI=1S/C24H30N4O3S/c1-17(2)22(26-23-20-7-3-4-8-21(20)32(30,31)27-23)24(29)25-15-18-9-11-19(12-10-18)16-28-13-5-6-14-28/h3-4,7-12,17,22H,5-6,13-16H2,1-2H3,(H,25,29)(H,26,27)/t22-/m0/s1. The fourth-order valence-electron chi connectivity index (χ4n) is 4.13. The Morgan fingerprint density at radius 1 is 1.06 bits per heavy atom. The van der Waals surface area contributed by atoms with Crippen LogP contribution in [0.1, 0.15) is 43.4 Å². The summed E-state index contributed by atoms with van der Waals surface area (Å²) in [5, 5.41) is 2.96. The molecule has 0 aromatic heterocycles. The summed E-state index contributed by atoms with van der Waals surface area (Å²) in [6, 6.07) is 14.3. The SMILES string of the molecule is CC(C)[C@H](N=C1NS(=O)(=O)c2ccccc21)C(=O)NCc1ccc(CN2CCCC2)cc1. The van der Waals surface area contributed by atoms with Crippen LogP contribution in [0, 0.1) is 5.92 Å². The van der Waals surface area contributed by atoms with Crippen molar-refractivity contribution in [3.8, 4) is 0 Å². The lowest BCUT2D eigenvalue weighted by Gasteiger charge is -2.18. The molecule has 2 aromatic carbocycles. The van der Waals surface area contributed by atoms with Crippen molar-refractivity contribution in [1.29, 1.82) is 0 Å². The van der Waals surface area contributed by atoms with Gasteiger partial charge in [-0.15, -0.1) is 0 Å². The molecule has 2 aliphatic rings. The lowest BCUT2D eigenvalue weighted by atomic mass is 10.0. The maximum Gasteiger partial charge on any atom is 0.263 e. The Labute approximate surface area is 190 Å². The number of amides is 1. The molecule has 0 spiro atoms. The highest BCUT2D eigenvalue weighted by Gasteiger charge is 2.32. The van der Waals surface area contributed by atoms with Gasteiger partial charge in [-0.05, 0) is 55.1 Å². The van der Waals surface area contributed by atoms with E-state index < -0.39 is 16.1 Å². The highest BCUT2D eigenvalue weighted by atomic mass is 32.2. The third-order valence-electron chi connectivity index (χ3n) is 5.93. The second-order valence-electron chi connectivity index (χ2n) is 8.79. The smallest absolute Gasteiger partial charge is 0.263 e. The average Bonchev–Trinajstić information content (AvgIpc) is 3.37. The number of nitrogens with zero attached hydrogens (tertiary/aromatic N) is 2. The summed E-state index contributed by atoms with van der Waals surface area (Å²) in [6.07, 6.45) is 2.55. The Kier molecular flexibility index (Phi) is 6.62. The zero-order valence-corrected chi connectivity index (χ0v) is 19.4. The molecule has 2 aliphatic heterocycles. The largest absolute Gasteiger partial charge is 0.350 e. The van der Waals surface area contributed by atoms with E-state index in [1.807, 2.05) is 26.0 Å². The van der Waals surface area contributed by atoms with E-state index >= 15 is 0 Å². The second-order valence-corrected chi connectivity index (χ2v) is 10.4. The summed E-state index contributed by atoms with van der Waals surface area (Å²) in [5.41, 5.74) is 2.80. The van der Waals surface area contributed by atoms with Crippen LogP contribution in [0.3, 0.4) is 0 Å². The molecule has 0 unspecified atom stereocenters. The number of likely N-dealkylation sites (tertiary alicyclic amines) is 1. The van der Waals surface area contributed by atoms with E-state index in [-0.39, 0.29) is 22.6 Å². The number of hydrogen-bond acceptors (Lipinski definition) is 5. The Morgan fingerprint density at radius 2 is 1.72 bits per heavy atom. The van der Waals surface area contributed by atoms with Gasteiger partial charge in [0.2, 0.25) is 5.91 Å². The predicted octanol–water partition coefficient (Wildman–Crippen LogP) is 2.66. The van der Waals surface area contributed by atoms with E-state index in [1.165, 1.54) is 24.5 Å². The predicted molar refractivity (Wildman–Crippen MR) is 125 cm³/mol. The summed E-state index contributed by atoms with van der Waals surface area (Å²) in [7, 11) is -3.64. The van der Waals surface area contributed by atoms with Crippen LogP contribution in [0.5, 0.6) is 0 Å². The molecule has 32 heavy (non-hydrogen) atoms. The number of amidine groups is 1. The summed E-state index contributed by atoms with van der Waals surface area (Å²) in [5.74, 6) is -0.0967. The molecule has 1 amide bonds. The van der Waals surface area contributed by atoms with Crippen molar-refractivity contribution in [2.75, 3.05) is 13.1 Å². The van der Waals surface area contributed by atoms with Crippen molar-refractivity contribution in [1.82, 2.24) is 14.9 Å². The Hall–Kier alpha value is -2.71. The van der Waals surface area contributed by atoms with Gasteiger partial charge in [0, 0.05) is 18.7 Å². The maximum absolute atomic E-state index is 12.9. The van der Waals surface area contributed by atoms with Crippen molar-refractivity contribution in [3.63, 3.8) is 0 Å². The fraction of sp³-hybridized carbons (Fsp3) is 0.417. The van der Waals surface area contributed by atoms with E-state index in [0.29, 0.717) is 12.1 Å². The number of hydrogen-bond donors (Lipinski definition) is 2. The molecule has 2 N–H and O–H groups in total. The van der Waals surface area contributed by atoms with Gasteiger partial charge in [0.25, 0.3) is 10.0 Å². The lowest BCUT2D eigenvalue weighted by molar-refractivity contribution is -0.123. The van der Waals surface area contributed by atoms with Crippen molar-refractivity contribution in [2.24, 2.45) is 10.9 Å². The minimum absolute atomic E-state index is 0.0948. The third-order valence-corrected chi connectivity index (χ3v) is 7.32. The number of rotatable bonds is 7. The van der Waals surface area contributed by atoms with Gasteiger partial charge in [-0.25, -0.2) is 8.42 Å². The van der Waals surface area contributed by atoms with Crippen LogP contribution in [0.15, 0.2) is 58.4 Å². The van der Waals surface area contributed by atoms with Crippen LogP contribution in [-0.4, -0.2) is 44.2 Å². The number of benzene rings is 2. The molecule has 0 saturated carbocycles. The van der Waals surface area contributed by atoms with Gasteiger partial charge in [0.1, 0.15) is 11.9 Å². The average molecular weight is 455 g/mol. The van der Waals surface area contributed by atoms with Crippen LogP contribution in [0.2, 0.25) is 0 Å². The molecule has 170 valence electrons. The van der Waals surface area contributed by atoms with Gasteiger partial charge in [-0.1, -0.05) is 50.2 Å². The summed E-state index contributed by atoms with van der Waals surface area (Å²) >= 11 is 0. The van der Waals surface area contributed by atoms with Gasteiger partial charge in [0.05, 0.1) is 4.90 Å². The normalized spacial score (nSPS) is 19.7. The van der Waals surface area contributed by atoms with Crippen LogP contribution in [0.4, 0.5) is 0 Å².